The van der Waals surface area contributed by atoms with Gasteiger partial charge in [0.05, 0.1) is 24.5 Å². The highest BCUT2D eigenvalue weighted by Gasteiger charge is 2.33. The van der Waals surface area contributed by atoms with Crippen LogP contribution < -0.4 is 11.1 Å². The van der Waals surface area contributed by atoms with Gasteiger partial charge in [0, 0.05) is 23.7 Å². The Morgan fingerprint density at radius 3 is 3.00 bits per heavy atom. The van der Waals surface area contributed by atoms with E-state index in [1.165, 1.54) is 0 Å². The standard InChI is InChI=1S/C16H18ClN5O2S/c17-11-3-4-12(13-9-20-25-21-13)10(6-11)8-19-16(24)14-2-1-5-22(14)15(23)7-18/h3-4,6,9,14H,1-2,5,7-8,18H2,(H,19,24)/t14-/m0/s1. The van der Waals surface area contributed by atoms with E-state index in [1.54, 1.807) is 23.2 Å². The average molecular weight is 380 g/mol. The van der Waals surface area contributed by atoms with E-state index in [4.69, 9.17) is 17.3 Å². The Morgan fingerprint density at radius 2 is 2.28 bits per heavy atom. The fraction of sp³-hybridized carbons (Fsp3) is 0.375. The molecule has 1 atom stereocenters. The largest absolute Gasteiger partial charge is 0.350 e. The first kappa shape index (κ1) is 17.8. The van der Waals surface area contributed by atoms with Gasteiger partial charge in [-0.05, 0) is 30.5 Å². The van der Waals surface area contributed by atoms with Crippen molar-refractivity contribution in [1.29, 1.82) is 0 Å². The molecule has 2 amide bonds. The Kier molecular flexibility index (Phi) is 5.62. The second-order valence-electron chi connectivity index (χ2n) is 5.76. The zero-order valence-electron chi connectivity index (χ0n) is 13.4. The van der Waals surface area contributed by atoms with Crippen molar-refractivity contribution >= 4 is 35.1 Å². The number of rotatable bonds is 5. The molecule has 3 rings (SSSR count). The summed E-state index contributed by atoms with van der Waals surface area (Å²) in [6, 6.07) is 4.98. The van der Waals surface area contributed by atoms with Crippen molar-refractivity contribution in [2.24, 2.45) is 5.73 Å². The van der Waals surface area contributed by atoms with E-state index in [0.29, 0.717) is 24.5 Å². The van der Waals surface area contributed by atoms with E-state index >= 15 is 0 Å². The van der Waals surface area contributed by atoms with Gasteiger partial charge in [-0.1, -0.05) is 17.7 Å². The van der Waals surface area contributed by atoms with Crippen LogP contribution in [0.2, 0.25) is 5.02 Å². The Bertz CT molecular complexity index is 768. The maximum absolute atomic E-state index is 12.5. The summed E-state index contributed by atoms with van der Waals surface area (Å²) in [4.78, 5) is 25.9. The van der Waals surface area contributed by atoms with E-state index in [-0.39, 0.29) is 18.4 Å². The molecule has 2 aromatic rings. The van der Waals surface area contributed by atoms with Crippen LogP contribution in [-0.2, 0) is 16.1 Å². The molecule has 0 radical (unpaired) electrons. The number of carbonyl (C=O) groups excluding carboxylic acids is 2. The second-order valence-corrected chi connectivity index (χ2v) is 6.75. The Labute approximate surface area is 154 Å². The van der Waals surface area contributed by atoms with Crippen molar-refractivity contribution in [2.45, 2.75) is 25.4 Å². The number of nitrogens with two attached hydrogens (primary N) is 1. The van der Waals surface area contributed by atoms with Gasteiger partial charge < -0.3 is 16.0 Å². The van der Waals surface area contributed by atoms with Crippen LogP contribution in [0.5, 0.6) is 0 Å². The van der Waals surface area contributed by atoms with Crippen LogP contribution in [0.4, 0.5) is 0 Å². The van der Waals surface area contributed by atoms with E-state index in [1.807, 2.05) is 6.07 Å². The number of hydrogen-bond donors (Lipinski definition) is 2. The lowest BCUT2D eigenvalue weighted by Gasteiger charge is -2.23. The zero-order chi connectivity index (χ0) is 17.8. The van der Waals surface area contributed by atoms with Gasteiger partial charge in [-0.25, -0.2) is 0 Å². The molecule has 7 nitrogen and oxygen atoms in total. The third-order valence-corrected chi connectivity index (χ3v) is 4.92. The molecule has 0 unspecified atom stereocenters. The molecule has 1 fully saturated rings. The number of benzene rings is 1. The number of nitrogens with zero attached hydrogens (tertiary/aromatic N) is 3. The zero-order valence-corrected chi connectivity index (χ0v) is 15.0. The molecule has 2 heterocycles. The monoisotopic (exact) mass is 379 g/mol. The predicted molar refractivity (Wildman–Crippen MR) is 96.0 cm³/mol. The number of nitrogens with one attached hydrogen (secondary N) is 1. The molecule has 0 spiro atoms. The number of aromatic nitrogens is 2. The lowest BCUT2D eigenvalue weighted by atomic mass is 10.0. The van der Waals surface area contributed by atoms with Crippen molar-refractivity contribution in [1.82, 2.24) is 19.0 Å². The van der Waals surface area contributed by atoms with E-state index in [0.717, 1.165) is 35.0 Å². The molecule has 25 heavy (non-hydrogen) atoms. The molecular formula is C16H18ClN5O2S. The van der Waals surface area contributed by atoms with Gasteiger partial charge in [0.2, 0.25) is 11.8 Å². The number of likely N-dealkylation sites (tertiary alicyclic amines) is 1. The molecule has 9 heteroatoms. The summed E-state index contributed by atoms with van der Waals surface area (Å²) in [7, 11) is 0. The maximum Gasteiger partial charge on any atom is 0.243 e. The minimum atomic E-state index is -0.459. The van der Waals surface area contributed by atoms with Gasteiger partial charge in [-0.3, -0.25) is 9.59 Å². The SMILES string of the molecule is NCC(=O)N1CCC[C@H]1C(=O)NCc1cc(Cl)ccc1-c1cnsn1. The van der Waals surface area contributed by atoms with Crippen molar-refractivity contribution < 1.29 is 9.59 Å². The quantitative estimate of drug-likeness (QED) is 0.818. The molecular weight excluding hydrogens is 362 g/mol. The Hall–Kier alpha value is -2.03. The summed E-state index contributed by atoms with van der Waals surface area (Å²) in [5.41, 5.74) is 7.89. The van der Waals surface area contributed by atoms with Gasteiger partial charge in [-0.15, -0.1) is 0 Å². The second kappa shape index (κ2) is 7.90. The minimum Gasteiger partial charge on any atom is -0.350 e. The van der Waals surface area contributed by atoms with Crippen molar-refractivity contribution in [3.05, 3.63) is 35.0 Å². The van der Waals surface area contributed by atoms with Crippen molar-refractivity contribution in [3.63, 3.8) is 0 Å². The predicted octanol–water partition coefficient (Wildman–Crippen LogP) is 1.42. The molecule has 3 N–H and O–H groups in total. The summed E-state index contributed by atoms with van der Waals surface area (Å²) < 4.78 is 8.25. The van der Waals surface area contributed by atoms with Gasteiger partial charge in [-0.2, -0.15) is 8.75 Å². The van der Waals surface area contributed by atoms with Crippen LogP contribution in [0, 0.1) is 0 Å². The summed E-state index contributed by atoms with van der Waals surface area (Å²) in [6.07, 6.45) is 3.13. The maximum atomic E-state index is 12.5. The molecule has 1 aromatic heterocycles. The van der Waals surface area contributed by atoms with Gasteiger partial charge in [0.15, 0.2) is 0 Å². The Morgan fingerprint density at radius 1 is 1.44 bits per heavy atom. The number of amides is 2. The third kappa shape index (κ3) is 3.97. The first-order chi connectivity index (χ1) is 12.1. The topological polar surface area (TPSA) is 101 Å². The first-order valence-electron chi connectivity index (χ1n) is 7.93. The highest BCUT2D eigenvalue weighted by molar-refractivity contribution is 6.99. The number of halogens is 1. The van der Waals surface area contributed by atoms with Crippen LogP contribution in [-0.4, -0.2) is 44.6 Å². The molecule has 1 aliphatic heterocycles. The molecule has 1 saturated heterocycles. The normalized spacial score (nSPS) is 16.9. The number of carbonyl (C=O) groups is 2. The van der Waals surface area contributed by atoms with Gasteiger partial charge in [0.1, 0.15) is 11.7 Å². The molecule has 0 bridgehead atoms. The number of hydrogen-bond acceptors (Lipinski definition) is 6. The molecule has 1 aromatic carbocycles. The van der Waals surface area contributed by atoms with Crippen LogP contribution in [0.1, 0.15) is 18.4 Å². The fourth-order valence-corrected chi connectivity index (χ4v) is 3.62. The van der Waals surface area contributed by atoms with Crippen LogP contribution in [0.3, 0.4) is 0 Å². The lowest BCUT2D eigenvalue weighted by molar-refractivity contribution is -0.137. The highest BCUT2D eigenvalue weighted by atomic mass is 35.5. The van der Waals surface area contributed by atoms with Gasteiger partial charge >= 0.3 is 0 Å². The smallest absolute Gasteiger partial charge is 0.243 e. The summed E-state index contributed by atoms with van der Waals surface area (Å²) in [6.45, 7) is 0.785. The Balaban J connectivity index is 1.72. The first-order valence-corrected chi connectivity index (χ1v) is 9.04. The minimum absolute atomic E-state index is 0.0843. The molecule has 0 aliphatic carbocycles. The van der Waals surface area contributed by atoms with Crippen LogP contribution >= 0.6 is 23.3 Å². The average Bonchev–Trinajstić information content (AvgIpc) is 3.30. The fourth-order valence-electron chi connectivity index (χ4n) is 3.00. The summed E-state index contributed by atoms with van der Waals surface area (Å²) >= 11 is 7.21. The van der Waals surface area contributed by atoms with E-state index in [9.17, 15) is 9.59 Å². The van der Waals surface area contributed by atoms with E-state index in [2.05, 4.69) is 14.1 Å². The lowest BCUT2D eigenvalue weighted by Crippen LogP contribution is -2.47. The molecule has 132 valence electrons. The van der Waals surface area contributed by atoms with Gasteiger partial charge in [0.25, 0.3) is 0 Å². The van der Waals surface area contributed by atoms with E-state index < -0.39 is 6.04 Å². The van der Waals surface area contributed by atoms with Crippen molar-refractivity contribution in [2.75, 3.05) is 13.1 Å². The third-order valence-electron chi connectivity index (χ3n) is 4.21. The van der Waals surface area contributed by atoms with Crippen LogP contribution in [0.25, 0.3) is 11.3 Å². The highest BCUT2D eigenvalue weighted by Crippen LogP contribution is 2.25. The van der Waals surface area contributed by atoms with Crippen molar-refractivity contribution in [3.8, 4) is 11.3 Å². The summed E-state index contributed by atoms with van der Waals surface area (Å²) in [5.74, 6) is -0.378. The molecule has 1 aliphatic rings. The van der Waals surface area contributed by atoms with Crippen LogP contribution in [0.15, 0.2) is 24.4 Å². The summed E-state index contributed by atoms with van der Waals surface area (Å²) in [5, 5.41) is 3.48. The molecule has 0 saturated carbocycles.